The maximum Gasteiger partial charge on any atom is 0.261 e. The van der Waals surface area contributed by atoms with Crippen LogP contribution in [0.2, 0.25) is 0 Å². The molecule has 3 aromatic carbocycles. The number of hydrogen-bond acceptors (Lipinski definition) is 5. The molecule has 0 atom stereocenters. The van der Waals surface area contributed by atoms with Crippen molar-refractivity contribution in [2.45, 2.75) is 18.4 Å². The second-order valence-electron chi connectivity index (χ2n) is 6.87. The smallest absolute Gasteiger partial charge is 0.261 e. The van der Waals surface area contributed by atoms with Gasteiger partial charge in [-0.15, -0.1) is 0 Å². The van der Waals surface area contributed by atoms with Gasteiger partial charge < -0.3 is 14.8 Å². The molecule has 30 heavy (non-hydrogen) atoms. The van der Waals surface area contributed by atoms with Gasteiger partial charge in [0, 0.05) is 17.8 Å². The van der Waals surface area contributed by atoms with Crippen LogP contribution in [-0.2, 0) is 16.6 Å². The number of carbonyl (C=O) groups excluding carboxylic acids is 1. The molecule has 1 aliphatic rings. The number of benzene rings is 3. The first-order valence-electron chi connectivity index (χ1n) is 9.27. The zero-order chi connectivity index (χ0) is 21.1. The summed E-state index contributed by atoms with van der Waals surface area (Å²) in [5.41, 5.74) is 2.75. The van der Waals surface area contributed by atoms with Gasteiger partial charge in [0.05, 0.1) is 4.90 Å². The maximum atomic E-state index is 12.5. The first-order chi connectivity index (χ1) is 14.4. The first kappa shape index (κ1) is 19.8. The van der Waals surface area contributed by atoms with Crippen molar-refractivity contribution in [3.63, 3.8) is 0 Å². The van der Waals surface area contributed by atoms with E-state index in [0.29, 0.717) is 29.3 Å². The molecule has 0 saturated carbocycles. The molecule has 1 heterocycles. The van der Waals surface area contributed by atoms with Gasteiger partial charge in [-0.25, -0.2) is 8.42 Å². The number of nitrogens with one attached hydrogen (secondary N) is 2. The molecular formula is C22H20N2O5S. The van der Waals surface area contributed by atoms with Crippen LogP contribution in [0.1, 0.15) is 21.5 Å². The van der Waals surface area contributed by atoms with E-state index in [1.807, 2.05) is 31.2 Å². The number of aryl methyl sites for hydroxylation is 1. The van der Waals surface area contributed by atoms with Crippen LogP contribution in [0.25, 0.3) is 0 Å². The number of ether oxygens (including phenoxy) is 2. The Morgan fingerprint density at radius 3 is 2.37 bits per heavy atom. The average Bonchev–Trinajstić information content (AvgIpc) is 3.21. The summed E-state index contributed by atoms with van der Waals surface area (Å²) >= 11 is 0. The Morgan fingerprint density at radius 2 is 1.63 bits per heavy atom. The Kier molecular flexibility index (Phi) is 5.33. The second-order valence-corrected chi connectivity index (χ2v) is 8.55. The Balaban J connectivity index is 1.39. The molecule has 0 aliphatic carbocycles. The molecule has 0 unspecified atom stereocenters. The average molecular weight is 424 g/mol. The van der Waals surface area contributed by atoms with E-state index in [2.05, 4.69) is 10.0 Å². The van der Waals surface area contributed by atoms with Crippen molar-refractivity contribution < 1.29 is 22.7 Å². The highest BCUT2D eigenvalue weighted by molar-refractivity contribution is 7.92. The lowest BCUT2D eigenvalue weighted by atomic mass is 10.2. The summed E-state index contributed by atoms with van der Waals surface area (Å²) in [6, 6.07) is 18.3. The first-order valence-corrected chi connectivity index (χ1v) is 10.8. The van der Waals surface area contributed by atoms with E-state index in [4.69, 9.17) is 9.47 Å². The van der Waals surface area contributed by atoms with Crippen LogP contribution in [0, 0.1) is 6.92 Å². The minimum Gasteiger partial charge on any atom is -0.454 e. The summed E-state index contributed by atoms with van der Waals surface area (Å²) in [5.74, 6) is 1.03. The number of carbonyl (C=O) groups is 1. The van der Waals surface area contributed by atoms with Gasteiger partial charge in [-0.2, -0.15) is 0 Å². The molecule has 0 fully saturated rings. The molecule has 0 radical (unpaired) electrons. The summed E-state index contributed by atoms with van der Waals surface area (Å²) in [5, 5.41) is 2.81. The van der Waals surface area contributed by atoms with Gasteiger partial charge in [0.2, 0.25) is 6.79 Å². The molecule has 1 aliphatic heterocycles. The van der Waals surface area contributed by atoms with Crippen molar-refractivity contribution >= 4 is 21.6 Å². The topological polar surface area (TPSA) is 93.7 Å². The molecule has 0 bridgehead atoms. The highest BCUT2D eigenvalue weighted by Crippen LogP contribution is 2.32. The van der Waals surface area contributed by atoms with Crippen LogP contribution in [0.15, 0.2) is 71.6 Å². The molecule has 1 amide bonds. The number of sulfonamides is 1. The zero-order valence-electron chi connectivity index (χ0n) is 16.2. The van der Waals surface area contributed by atoms with E-state index in [1.54, 1.807) is 18.2 Å². The van der Waals surface area contributed by atoms with Crippen LogP contribution in [0.4, 0.5) is 5.69 Å². The zero-order valence-corrected chi connectivity index (χ0v) is 17.0. The molecule has 8 heteroatoms. The summed E-state index contributed by atoms with van der Waals surface area (Å²) in [4.78, 5) is 12.5. The summed E-state index contributed by atoms with van der Waals surface area (Å²) in [6.45, 7) is 2.43. The number of anilines is 1. The molecule has 0 spiro atoms. The molecule has 7 nitrogen and oxygen atoms in total. The van der Waals surface area contributed by atoms with Crippen LogP contribution >= 0.6 is 0 Å². The lowest BCUT2D eigenvalue weighted by molar-refractivity contribution is 0.0950. The van der Waals surface area contributed by atoms with Crippen LogP contribution < -0.4 is 19.5 Å². The highest BCUT2D eigenvalue weighted by atomic mass is 32.2. The number of amides is 1. The summed E-state index contributed by atoms with van der Waals surface area (Å²) < 4.78 is 38.2. The number of fused-ring (bicyclic) bond motifs is 1. The standard InChI is InChI=1S/C22H20N2O5S/c1-15-2-7-18(8-3-15)24-30(26,27)19-9-5-17(6-10-19)22(25)23-13-16-4-11-20-21(12-16)29-14-28-20/h2-12,24H,13-14H2,1H3,(H,23,25). The van der Waals surface area contributed by atoms with Gasteiger partial charge in [-0.05, 0) is 61.0 Å². The maximum absolute atomic E-state index is 12.5. The van der Waals surface area contributed by atoms with Gasteiger partial charge in [0.15, 0.2) is 11.5 Å². The lowest BCUT2D eigenvalue weighted by Gasteiger charge is -2.10. The van der Waals surface area contributed by atoms with Gasteiger partial charge >= 0.3 is 0 Å². The van der Waals surface area contributed by atoms with E-state index in [9.17, 15) is 13.2 Å². The van der Waals surface area contributed by atoms with Gasteiger partial charge in [-0.1, -0.05) is 23.8 Å². The van der Waals surface area contributed by atoms with Crippen molar-refractivity contribution in [1.82, 2.24) is 5.32 Å². The van der Waals surface area contributed by atoms with Crippen molar-refractivity contribution in [3.05, 3.63) is 83.4 Å². The largest absolute Gasteiger partial charge is 0.454 e. The molecular weight excluding hydrogens is 404 g/mol. The third-order valence-electron chi connectivity index (χ3n) is 4.62. The van der Waals surface area contributed by atoms with Crippen molar-refractivity contribution in [1.29, 1.82) is 0 Å². The fourth-order valence-electron chi connectivity index (χ4n) is 2.96. The van der Waals surface area contributed by atoms with Crippen molar-refractivity contribution in [3.8, 4) is 11.5 Å². The molecule has 4 rings (SSSR count). The van der Waals surface area contributed by atoms with Gasteiger partial charge in [-0.3, -0.25) is 9.52 Å². The second kappa shape index (κ2) is 8.08. The van der Waals surface area contributed by atoms with Crippen molar-refractivity contribution in [2.24, 2.45) is 0 Å². The summed E-state index contributed by atoms with van der Waals surface area (Å²) in [6.07, 6.45) is 0. The lowest BCUT2D eigenvalue weighted by Crippen LogP contribution is -2.23. The molecule has 2 N–H and O–H groups in total. The van der Waals surface area contributed by atoms with Crippen molar-refractivity contribution in [2.75, 3.05) is 11.5 Å². The quantitative estimate of drug-likeness (QED) is 0.632. The molecule has 154 valence electrons. The number of hydrogen-bond donors (Lipinski definition) is 2. The van der Waals surface area contributed by atoms with E-state index in [0.717, 1.165) is 11.1 Å². The van der Waals surface area contributed by atoms with Crippen LogP contribution in [-0.4, -0.2) is 21.1 Å². The monoisotopic (exact) mass is 424 g/mol. The fraction of sp³-hybridized carbons (Fsp3) is 0.136. The van der Waals surface area contributed by atoms with E-state index < -0.39 is 10.0 Å². The normalized spacial score (nSPS) is 12.4. The molecule has 3 aromatic rings. The third-order valence-corrected chi connectivity index (χ3v) is 6.02. The third kappa shape index (κ3) is 4.38. The Labute approximate surface area is 174 Å². The van der Waals surface area contributed by atoms with Crippen LogP contribution in [0.5, 0.6) is 11.5 Å². The SMILES string of the molecule is Cc1ccc(NS(=O)(=O)c2ccc(C(=O)NCc3ccc4c(c3)OCO4)cc2)cc1. The summed E-state index contributed by atoms with van der Waals surface area (Å²) in [7, 11) is -3.74. The molecule has 0 saturated heterocycles. The Bertz CT molecular complexity index is 1170. The Morgan fingerprint density at radius 1 is 0.933 bits per heavy atom. The minimum absolute atomic E-state index is 0.0791. The minimum atomic E-state index is -3.74. The Hall–Kier alpha value is -3.52. The van der Waals surface area contributed by atoms with E-state index in [1.165, 1.54) is 24.3 Å². The molecule has 0 aromatic heterocycles. The van der Waals surface area contributed by atoms with E-state index in [-0.39, 0.29) is 17.6 Å². The highest BCUT2D eigenvalue weighted by Gasteiger charge is 2.16. The van der Waals surface area contributed by atoms with Gasteiger partial charge in [0.1, 0.15) is 0 Å². The van der Waals surface area contributed by atoms with Gasteiger partial charge in [0.25, 0.3) is 15.9 Å². The predicted molar refractivity (Wildman–Crippen MR) is 112 cm³/mol. The number of rotatable bonds is 6. The fourth-order valence-corrected chi connectivity index (χ4v) is 4.02. The predicted octanol–water partition coefficient (Wildman–Crippen LogP) is 3.45. The van der Waals surface area contributed by atoms with Crippen LogP contribution in [0.3, 0.4) is 0 Å². The van der Waals surface area contributed by atoms with E-state index >= 15 is 0 Å².